The van der Waals surface area contributed by atoms with E-state index in [1.807, 2.05) is 6.92 Å². The molecule has 0 aliphatic carbocycles. The fraction of sp³-hybridized carbons (Fsp3) is 0.167. The summed E-state index contributed by atoms with van der Waals surface area (Å²) in [5, 5.41) is 3.74. The summed E-state index contributed by atoms with van der Waals surface area (Å²) in [6.45, 7) is 1.84. The van der Waals surface area contributed by atoms with E-state index in [1.165, 1.54) is 18.9 Å². The molecule has 0 spiro atoms. The summed E-state index contributed by atoms with van der Waals surface area (Å²) in [5.74, 6) is -0.581. The van der Waals surface area contributed by atoms with E-state index in [4.69, 9.17) is 20.8 Å². The topological polar surface area (TPSA) is 81.4 Å². The first-order valence-corrected chi connectivity index (χ1v) is 9.00. The van der Waals surface area contributed by atoms with Crippen LogP contribution in [-0.4, -0.2) is 29.7 Å². The molecule has 1 aromatic heterocycles. The van der Waals surface area contributed by atoms with Crippen molar-refractivity contribution in [1.29, 1.82) is 0 Å². The van der Waals surface area contributed by atoms with Crippen LogP contribution in [0.5, 0.6) is 0 Å². The molecule has 1 N–H and O–H groups in total. The van der Waals surface area contributed by atoms with Crippen molar-refractivity contribution in [2.75, 3.05) is 18.2 Å². The van der Waals surface area contributed by atoms with Gasteiger partial charge in [-0.25, -0.2) is 9.78 Å². The Hall–Kier alpha value is -2.51. The van der Waals surface area contributed by atoms with Crippen LogP contribution >= 0.6 is 23.4 Å². The second-order valence-corrected chi connectivity index (χ2v) is 6.81. The van der Waals surface area contributed by atoms with E-state index in [1.54, 1.807) is 36.4 Å². The van der Waals surface area contributed by atoms with E-state index in [0.717, 1.165) is 5.56 Å². The molecule has 0 aliphatic heterocycles. The number of fused-ring (bicyclic) bond motifs is 1. The van der Waals surface area contributed by atoms with E-state index in [0.29, 0.717) is 32.6 Å². The first-order chi connectivity index (χ1) is 12.5. The Labute approximate surface area is 158 Å². The number of carbonyl (C=O) groups excluding carboxylic acids is 2. The summed E-state index contributed by atoms with van der Waals surface area (Å²) in [5.41, 5.74) is 3.02. The van der Waals surface area contributed by atoms with Gasteiger partial charge in [-0.3, -0.25) is 4.79 Å². The SMILES string of the molecule is COC(=O)c1ccc(C)c(NC(=O)CSc2nc3cc(Cl)ccc3o2)c1. The normalized spacial score (nSPS) is 10.7. The summed E-state index contributed by atoms with van der Waals surface area (Å²) < 4.78 is 10.3. The average Bonchev–Trinajstić information content (AvgIpc) is 3.03. The van der Waals surface area contributed by atoms with Crippen LogP contribution in [0, 0.1) is 6.92 Å². The van der Waals surface area contributed by atoms with E-state index in [2.05, 4.69) is 10.3 Å². The number of esters is 1. The summed E-state index contributed by atoms with van der Waals surface area (Å²) in [6, 6.07) is 10.1. The standard InChI is InChI=1S/C18H15ClN2O4S/c1-10-3-4-11(17(23)24-2)7-13(10)20-16(22)9-26-18-21-14-8-12(19)5-6-15(14)25-18/h3-8H,9H2,1-2H3,(H,20,22). The lowest BCUT2D eigenvalue weighted by Crippen LogP contribution is -2.15. The number of methoxy groups -OCH3 is 1. The Kier molecular flexibility index (Phi) is 5.49. The minimum absolute atomic E-state index is 0.114. The number of carbonyl (C=O) groups is 2. The molecule has 3 rings (SSSR count). The monoisotopic (exact) mass is 390 g/mol. The van der Waals surface area contributed by atoms with E-state index in [9.17, 15) is 9.59 Å². The summed E-state index contributed by atoms with van der Waals surface area (Å²) in [6.07, 6.45) is 0. The summed E-state index contributed by atoms with van der Waals surface area (Å²) in [4.78, 5) is 28.1. The van der Waals surface area contributed by atoms with Gasteiger partial charge < -0.3 is 14.5 Å². The van der Waals surface area contributed by atoms with Crippen molar-refractivity contribution in [2.24, 2.45) is 0 Å². The number of rotatable bonds is 5. The number of amides is 1. The number of hydrogen-bond acceptors (Lipinski definition) is 6. The largest absolute Gasteiger partial charge is 0.465 e. The maximum Gasteiger partial charge on any atom is 0.337 e. The lowest BCUT2D eigenvalue weighted by molar-refractivity contribution is -0.113. The molecule has 0 bridgehead atoms. The maximum atomic E-state index is 12.2. The molecule has 26 heavy (non-hydrogen) atoms. The van der Waals surface area contributed by atoms with Crippen LogP contribution in [0.25, 0.3) is 11.1 Å². The van der Waals surface area contributed by atoms with Crippen LogP contribution < -0.4 is 5.32 Å². The van der Waals surface area contributed by atoms with E-state index in [-0.39, 0.29) is 11.7 Å². The van der Waals surface area contributed by atoms with Gasteiger partial charge in [0.2, 0.25) is 5.91 Å². The zero-order valence-electron chi connectivity index (χ0n) is 14.0. The number of ether oxygens (including phenoxy) is 1. The van der Waals surface area contributed by atoms with E-state index >= 15 is 0 Å². The van der Waals surface area contributed by atoms with Crippen molar-refractivity contribution in [1.82, 2.24) is 4.98 Å². The van der Waals surface area contributed by atoms with Gasteiger partial charge in [0, 0.05) is 10.7 Å². The van der Waals surface area contributed by atoms with Crippen molar-refractivity contribution in [3.05, 3.63) is 52.5 Å². The number of hydrogen-bond donors (Lipinski definition) is 1. The van der Waals surface area contributed by atoms with E-state index < -0.39 is 5.97 Å². The zero-order chi connectivity index (χ0) is 18.7. The minimum atomic E-state index is -0.458. The fourth-order valence-corrected chi connectivity index (χ4v) is 3.06. The predicted molar refractivity (Wildman–Crippen MR) is 101 cm³/mol. The first kappa shape index (κ1) is 18.3. The molecule has 0 radical (unpaired) electrons. The van der Waals surface area contributed by atoms with Gasteiger partial charge in [-0.05, 0) is 42.8 Å². The lowest BCUT2D eigenvalue weighted by Gasteiger charge is -2.09. The number of benzene rings is 2. The Morgan fingerprint density at radius 3 is 2.85 bits per heavy atom. The molecule has 0 saturated carbocycles. The summed E-state index contributed by atoms with van der Waals surface area (Å²) in [7, 11) is 1.31. The zero-order valence-corrected chi connectivity index (χ0v) is 15.6. The number of oxazole rings is 1. The molecule has 134 valence electrons. The molecular formula is C18H15ClN2O4S. The fourth-order valence-electron chi connectivity index (χ4n) is 2.26. The molecule has 0 fully saturated rings. The predicted octanol–water partition coefficient (Wildman–Crippen LogP) is 4.31. The highest BCUT2D eigenvalue weighted by molar-refractivity contribution is 7.99. The molecule has 0 atom stereocenters. The number of anilines is 1. The Bertz CT molecular complexity index is 986. The molecule has 1 heterocycles. The van der Waals surface area contributed by atoms with Crippen molar-refractivity contribution < 1.29 is 18.7 Å². The van der Waals surface area contributed by atoms with Crippen molar-refractivity contribution >= 4 is 52.0 Å². The first-order valence-electron chi connectivity index (χ1n) is 7.64. The highest BCUT2D eigenvalue weighted by atomic mass is 35.5. The third-order valence-electron chi connectivity index (χ3n) is 3.59. The Morgan fingerprint density at radius 2 is 2.08 bits per heavy atom. The van der Waals surface area contributed by atoms with Gasteiger partial charge in [0.05, 0.1) is 18.4 Å². The maximum absolute atomic E-state index is 12.2. The second kappa shape index (κ2) is 7.80. The smallest absolute Gasteiger partial charge is 0.337 e. The van der Waals surface area contributed by atoms with Gasteiger partial charge in [0.1, 0.15) is 5.52 Å². The van der Waals surface area contributed by atoms with Crippen LogP contribution in [0.3, 0.4) is 0 Å². The molecule has 2 aromatic carbocycles. The van der Waals surface area contributed by atoms with Gasteiger partial charge in [-0.2, -0.15) is 0 Å². The molecule has 1 amide bonds. The molecule has 0 saturated heterocycles. The third-order valence-corrected chi connectivity index (χ3v) is 4.65. The molecule has 0 aliphatic rings. The number of halogens is 1. The van der Waals surface area contributed by atoms with Gasteiger partial charge >= 0.3 is 5.97 Å². The highest BCUT2D eigenvalue weighted by Gasteiger charge is 2.13. The van der Waals surface area contributed by atoms with Crippen LogP contribution in [0.2, 0.25) is 5.02 Å². The molecule has 0 unspecified atom stereocenters. The third kappa shape index (κ3) is 4.17. The van der Waals surface area contributed by atoms with Crippen molar-refractivity contribution in [2.45, 2.75) is 12.1 Å². The van der Waals surface area contributed by atoms with Gasteiger partial charge in [-0.15, -0.1) is 0 Å². The number of nitrogens with zero attached hydrogens (tertiary/aromatic N) is 1. The van der Waals surface area contributed by atoms with Gasteiger partial charge in [-0.1, -0.05) is 29.4 Å². The molecule has 3 aromatic rings. The highest BCUT2D eigenvalue weighted by Crippen LogP contribution is 2.26. The lowest BCUT2D eigenvalue weighted by atomic mass is 10.1. The van der Waals surface area contributed by atoms with Gasteiger partial charge in [0.15, 0.2) is 5.58 Å². The number of thioether (sulfide) groups is 1. The average molecular weight is 391 g/mol. The van der Waals surface area contributed by atoms with Gasteiger partial charge in [0.25, 0.3) is 5.22 Å². The van der Waals surface area contributed by atoms with Crippen LogP contribution in [-0.2, 0) is 9.53 Å². The Morgan fingerprint density at radius 1 is 1.27 bits per heavy atom. The molecule has 8 heteroatoms. The summed E-state index contributed by atoms with van der Waals surface area (Å²) >= 11 is 7.10. The van der Waals surface area contributed by atoms with Crippen molar-refractivity contribution in [3.63, 3.8) is 0 Å². The van der Waals surface area contributed by atoms with Crippen LogP contribution in [0.15, 0.2) is 46.0 Å². The minimum Gasteiger partial charge on any atom is -0.465 e. The van der Waals surface area contributed by atoms with Crippen LogP contribution in [0.1, 0.15) is 15.9 Å². The number of aryl methyl sites for hydroxylation is 1. The van der Waals surface area contributed by atoms with Crippen LogP contribution in [0.4, 0.5) is 5.69 Å². The molecular weight excluding hydrogens is 376 g/mol. The van der Waals surface area contributed by atoms with Crippen molar-refractivity contribution in [3.8, 4) is 0 Å². The molecule has 6 nitrogen and oxygen atoms in total. The number of aromatic nitrogens is 1. The second-order valence-electron chi connectivity index (χ2n) is 5.45. The number of nitrogens with one attached hydrogen (secondary N) is 1. The quantitative estimate of drug-likeness (QED) is 0.516. The Balaban J connectivity index is 1.66.